The van der Waals surface area contributed by atoms with Crippen LogP contribution < -0.4 is 17.0 Å². The Kier molecular flexibility index (Phi) is 4.20. The van der Waals surface area contributed by atoms with Crippen LogP contribution in [0.2, 0.25) is 0 Å². The van der Waals surface area contributed by atoms with Crippen molar-refractivity contribution in [1.29, 1.82) is 0 Å². The second-order valence-electron chi connectivity index (χ2n) is 6.02. The number of nitrogens with one attached hydrogen (secondary N) is 1. The lowest BCUT2D eigenvalue weighted by atomic mass is 10.0. The van der Waals surface area contributed by atoms with Gasteiger partial charge in [-0.1, -0.05) is 13.8 Å². The van der Waals surface area contributed by atoms with Gasteiger partial charge in [-0.3, -0.25) is 14.3 Å². The number of imidazole rings is 1. The van der Waals surface area contributed by atoms with Gasteiger partial charge >= 0.3 is 5.69 Å². The molecule has 4 atom stereocenters. The van der Waals surface area contributed by atoms with Crippen molar-refractivity contribution in [2.24, 2.45) is 5.92 Å². The number of aliphatic hydroxyl groups is 2. The van der Waals surface area contributed by atoms with E-state index in [9.17, 15) is 19.8 Å². The first-order valence-corrected chi connectivity index (χ1v) is 7.85. The summed E-state index contributed by atoms with van der Waals surface area (Å²) in [5, 5.41) is 19.8. The smallest absolute Gasteiger partial charge is 0.332 e. The Bertz CT molecular complexity index is 869. The van der Waals surface area contributed by atoms with Crippen molar-refractivity contribution in [1.82, 2.24) is 19.1 Å². The molecule has 0 aliphatic carbocycles. The number of rotatable bonds is 4. The summed E-state index contributed by atoms with van der Waals surface area (Å²) >= 11 is 0. The largest absolute Gasteiger partial charge is 0.394 e. The van der Waals surface area contributed by atoms with Gasteiger partial charge in [0.25, 0.3) is 5.56 Å². The molecule has 10 nitrogen and oxygen atoms in total. The lowest BCUT2D eigenvalue weighted by Gasteiger charge is -2.16. The third-order valence-corrected chi connectivity index (χ3v) is 4.44. The van der Waals surface area contributed by atoms with Gasteiger partial charge in [-0.25, -0.2) is 9.36 Å². The van der Waals surface area contributed by atoms with E-state index in [0.717, 1.165) is 4.57 Å². The monoisotopic (exact) mass is 339 g/mol. The molecule has 0 amide bonds. The maximum Gasteiger partial charge on any atom is 0.332 e. The molecular formula is C14H21N5O5. The number of aryl methyl sites for hydroxylation is 1. The van der Waals surface area contributed by atoms with Crippen LogP contribution in [0.3, 0.4) is 0 Å². The molecule has 1 aliphatic heterocycles. The normalized spacial score (nSPS) is 27.2. The first kappa shape index (κ1) is 16.7. The molecule has 1 aliphatic rings. The lowest BCUT2D eigenvalue weighted by molar-refractivity contribution is -0.0510. The molecule has 0 saturated carbocycles. The molecule has 0 radical (unpaired) electrons. The molecule has 3 heterocycles. The Hall–Kier alpha value is -2.17. The highest BCUT2D eigenvalue weighted by atomic mass is 16.5. The maximum absolute atomic E-state index is 12.8. The number of aliphatic hydroxyl groups excluding tert-OH is 2. The van der Waals surface area contributed by atoms with Crippen molar-refractivity contribution >= 4 is 17.1 Å². The van der Waals surface area contributed by atoms with Gasteiger partial charge in [0.2, 0.25) is 5.95 Å². The van der Waals surface area contributed by atoms with Crippen molar-refractivity contribution in [3.05, 3.63) is 20.8 Å². The molecule has 24 heavy (non-hydrogen) atoms. The van der Waals surface area contributed by atoms with Gasteiger partial charge < -0.3 is 20.7 Å². The number of ether oxygens (including phenoxy) is 1. The van der Waals surface area contributed by atoms with Gasteiger partial charge in [-0.2, -0.15) is 4.98 Å². The first-order valence-electron chi connectivity index (χ1n) is 7.85. The zero-order valence-corrected chi connectivity index (χ0v) is 13.5. The van der Waals surface area contributed by atoms with E-state index >= 15 is 0 Å². The molecule has 132 valence electrons. The predicted octanol–water partition coefficient (Wildman–Crippen LogP) is -1.23. The molecule has 10 heteroatoms. The lowest BCUT2D eigenvalue weighted by Crippen LogP contribution is -2.33. The summed E-state index contributed by atoms with van der Waals surface area (Å²) in [4.78, 5) is 31.5. The Balaban J connectivity index is 2.27. The van der Waals surface area contributed by atoms with Crippen molar-refractivity contribution in [2.75, 3.05) is 12.3 Å². The zero-order chi connectivity index (χ0) is 17.6. The third kappa shape index (κ3) is 2.34. The molecule has 0 aromatic carbocycles. The van der Waals surface area contributed by atoms with Crippen molar-refractivity contribution < 1.29 is 14.9 Å². The molecule has 3 rings (SSSR count). The average Bonchev–Trinajstić information content (AvgIpc) is 2.96. The Morgan fingerprint density at radius 2 is 2.12 bits per heavy atom. The SMILES string of the molecule is CCCn1c(=O)n(C2OC(CO)C(C)C2O)c2nc(N)[nH]c(=O)c21. The number of fused-ring (bicyclic) bond motifs is 1. The van der Waals surface area contributed by atoms with E-state index in [1.807, 2.05) is 6.92 Å². The fourth-order valence-electron chi connectivity index (χ4n) is 3.15. The minimum atomic E-state index is -1.04. The number of nitrogens with zero attached hydrogens (tertiary/aromatic N) is 3. The Labute approximate surface area is 136 Å². The Morgan fingerprint density at radius 1 is 1.42 bits per heavy atom. The number of hydrogen-bond donors (Lipinski definition) is 4. The van der Waals surface area contributed by atoms with Gasteiger partial charge in [-0.15, -0.1) is 0 Å². The summed E-state index contributed by atoms with van der Waals surface area (Å²) in [6.07, 6.45) is -2.05. The minimum Gasteiger partial charge on any atom is -0.394 e. The van der Waals surface area contributed by atoms with Crippen LogP contribution >= 0.6 is 0 Å². The fourth-order valence-corrected chi connectivity index (χ4v) is 3.15. The van der Waals surface area contributed by atoms with Gasteiger partial charge in [0, 0.05) is 12.5 Å². The summed E-state index contributed by atoms with van der Waals surface area (Å²) in [5.41, 5.74) is 4.72. The molecule has 0 bridgehead atoms. The van der Waals surface area contributed by atoms with E-state index in [2.05, 4.69) is 9.97 Å². The van der Waals surface area contributed by atoms with Gasteiger partial charge in [0.05, 0.1) is 12.7 Å². The van der Waals surface area contributed by atoms with E-state index in [1.54, 1.807) is 6.92 Å². The summed E-state index contributed by atoms with van der Waals surface area (Å²) in [7, 11) is 0. The second kappa shape index (κ2) is 6.04. The molecule has 1 saturated heterocycles. The van der Waals surface area contributed by atoms with Crippen LogP contribution in [0.4, 0.5) is 5.95 Å². The molecule has 4 unspecified atom stereocenters. The van der Waals surface area contributed by atoms with Gasteiger partial charge in [0.1, 0.15) is 6.10 Å². The highest BCUT2D eigenvalue weighted by Crippen LogP contribution is 2.34. The number of hydrogen-bond acceptors (Lipinski definition) is 7. The van der Waals surface area contributed by atoms with E-state index in [4.69, 9.17) is 10.5 Å². The van der Waals surface area contributed by atoms with Crippen molar-refractivity contribution in [3.8, 4) is 0 Å². The van der Waals surface area contributed by atoms with E-state index in [-0.39, 0.29) is 29.6 Å². The average molecular weight is 339 g/mol. The Morgan fingerprint density at radius 3 is 2.71 bits per heavy atom. The topological polar surface area (TPSA) is 148 Å². The number of anilines is 1. The summed E-state index contributed by atoms with van der Waals surface area (Å²) in [6.45, 7) is 3.63. The number of aromatic amines is 1. The van der Waals surface area contributed by atoms with Crippen molar-refractivity contribution in [3.63, 3.8) is 0 Å². The molecule has 2 aromatic rings. The molecule has 2 aromatic heterocycles. The molecular weight excluding hydrogens is 318 g/mol. The van der Waals surface area contributed by atoms with Crippen LogP contribution in [0.1, 0.15) is 26.5 Å². The van der Waals surface area contributed by atoms with Crippen LogP contribution in [0.15, 0.2) is 9.59 Å². The van der Waals surface area contributed by atoms with Crippen LogP contribution in [0.25, 0.3) is 11.2 Å². The maximum atomic E-state index is 12.8. The standard InChI is InChI=1S/C14H21N5O5/c1-3-4-18-8-10(16-13(15)17-11(8)22)19(14(18)23)12-9(21)6(2)7(5-20)24-12/h6-7,9,12,20-21H,3-5H2,1-2H3,(H3,15,16,17,22). The molecule has 5 N–H and O–H groups in total. The molecule has 0 spiro atoms. The minimum absolute atomic E-state index is 0.0598. The number of nitrogens with two attached hydrogens (primary N) is 1. The van der Waals surface area contributed by atoms with E-state index < -0.39 is 29.7 Å². The quantitative estimate of drug-likeness (QED) is 0.544. The summed E-state index contributed by atoms with van der Waals surface area (Å²) in [5.74, 6) is -0.509. The van der Waals surface area contributed by atoms with Crippen LogP contribution in [-0.2, 0) is 11.3 Å². The molecule has 1 fully saturated rings. The van der Waals surface area contributed by atoms with Crippen LogP contribution in [0, 0.1) is 5.92 Å². The predicted molar refractivity (Wildman–Crippen MR) is 85.5 cm³/mol. The number of H-pyrrole nitrogens is 1. The highest BCUT2D eigenvalue weighted by Gasteiger charge is 2.43. The highest BCUT2D eigenvalue weighted by molar-refractivity contribution is 5.71. The van der Waals surface area contributed by atoms with Crippen LogP contribution in [-0.4, -0.2) is 48.1 Å². The first-order chi connectivity index (χ1) is 11.4. The second-order valence-corrected chi connectivity index (χ2v) is 6.02. The van der Waals surface area contributed by atoms with Crippen LogP contribution in [0.5, 0.6) is 0 Å². The van der Waals surface area contributed by atoms with Gasteiger partial charge in [0.15, 0.2) is 17.4 Å². The third-order valence-electron chi connectivity index (χ3n) is 4.44. The zero-order valence-electron chi connectivity index (χ0n) is 13.5. The summed E-state index contributed by atoms with van der Waals surface area (Å²) < 4.78 is 8.08. The fraction of sp³-hybridized carbons (Fsp3) is 0.643. The summed E-state index contributed by atoms with van der Waals surface area (Å²) in [6, 6.07) is 0. The van der Waals surface area contributed by atoms with E-state index in [1.165, 1.54) is 4.57 Å². The number of nitrogen functional groups attached to an aromatic ring is 1. The number of aromatic nitrogens is 4. The van der Waals surface area contributed by atoms with Gasteiger partial charge in [-0.05, 0) is 6.42 Å². The van der Waals surface area contributed by atoms with Crippen molar-refractivity contribution in [2.45, 2.75) is 45.2 Å². The van der Waals surface area contributed by atoms with E-state index in [0.29, 0.717) is 13.0 Å².